The summed E-state index contributed by atoms with van der Waals surface area (Å²) in [5, 5.41) is 0. The van der Waals surface area contributed by atoms with Crippen LogP contribution in [-0.4, -0.2) is 18.4 Å². The van der Waals surface area contributed by atoms with Gasteiger partial charge in [-0.05, 0) is 26.2 Å². The molecule has 1 rings (SSSR count). The van der Waals surface area contributed by atoms with Crippen molar-refractivity contribution in [1.82, 2.24) is 0 Å². The van der Waals surface area contributed by atoms with Gasteiger partial charge in [0.25, 0.3) is 0 Å². The smallest absolute Gasteiger partial charge is 0.319 e. The fourth-order valence-electron chi connectivity index (χ4n) is 1.16. The van der Waals surface area contributed by atoms with Crippen LogP contribution in [0.3, 0.4) is 0 Å². The Balaban J connectivity index is 2.47. The first-order chi connectivity index (χ1) is 5.63. The van der Waals surface area contributed by atoms with Crippen LogP contribution in [0.5, 0.6) is 0 Å². The standard InChI is InChI=1S/C9H14O3/c1-3-6-12-8(11)9(4-5-9)7(2)10/h3-6H2,1-2H3. The Labute approximate surface area is 72.1 Å². The van der Waals surface area contributed by atoms with Gasteiger partial charge in [-0.3, -0.25) is 9.59 Å². The molecule has 0 atom stereocenters. The third-order valence-corrected chi connectivity index (χ3v) is 2.25. The first kappa shape index (κ1) is 9.23. The summed E-state index contributed by atoms with van der Waals surface area (Å²) >= 11 is 0. The van der Waals surface area contributed by atoms with Crippen molar-refractivity contribution < 1.29 is 14.3 Å². The second-order valence-corrected chi connectivity index (χ2v) is 3.27. The van der Waals surface area contributed by atoms with E-state index in [1.165, 1.54) is 6.92 Å². The van der Waals surface area contributed by atoms with Crippen LogP contribution in [-0.2, 0) is 14.3 Å². The van der Waals surface area contributed by atoms with Crippen molar-refractivity contribution in [2.24, 2.45) is 5.41 Å². The maximum absolute atomic E-state index is 11.3. The predicted molar refractivity (Wildman–Crippen MR) is 43.6 cm³/mol. The van der Waals surface area contributed by atoms with Crippen LogP contribution in [0, 0.1) is 5.41 Å². The van der Waals surface area contributed by atoms with E-state index in [1.54, 1.807) is 0 Å². The number of hydrogen-bond donors (Lipinski definition) is 0. The van der Waals surface area contributed by atoms with E-state index in [0.717, 1.165) is 6.42 Å². The predicted octanol–water partition coefficient (Wildman–Crippen LogP) is 1.31. The van der Waals surface area contributed by atoms with Crippen LogP contribution in [0.2, 0.25) is 0 Å². The fraction of sp³-hybridized carbons (Fsp3) is 0.778. The summed E-state index contributed by atoms with van der Waals surface area (Å²) in [4.78, 5) is 22.3. The number of esters is 1. The molecular formula is C9H14O3. The molecule has 0 unspecified atom stereocenters. The molecule has 1 saturated carbocycles. The van der Waals surface area contributed by atoms with Crippen LogP contribution in [0.1, 0.15) is 33.1 Å². The average molecular weight is 170 g/mol. The van der Waals surface area contributed by atoms with Crippen LogP contribution >= 0.6 is 0 Å². The molecule has 1 aliphatic carbocycles. The van der Waals surface area contributed by atoms with E-state index < -0.39 is 5.41 Å². The van der Waals surface area contributed by atoms with Gasteiger partial charge in [0, 0.05) is 0 Å². The van der Waals surface area contributed by atoms with Crippen LogP contribution in [0.15, 0.2) is 0 Å². The average Bonchev–Trinajstić information content (AvgIpc) is 2.80. The number of ketones is 1. The summed E-state index contributed by atoms with van der Waals surface area (Å²) < 4.78 is 4.92. The first-order valence-corrected chi connectivity index (χ1v) is 4.32. The Morgan fingerprint density at radius 2 is 2.00 bits per heavy atom. The second kappa shape index (κ2) is 3.25. The second-order valence-electron chi connectivity index (χ2n) is 3.27. The molecule has 0 bridgehead atoms. The van der Waals surface area contributed by atoms with E-state index in [0.29, 0.717) is 19.4 Å². The molecule has 0 heterocycles. The van der Waals surface area contributed by atoms with Gasteiger partial charge in [0.2, 0.25) is 0 Å². The lowest BCUT2D eigenvalue weighted by molar-refractivity contribution is -0.153. The van der Waals surface area contributed by atoms with Gasteiger partial charge in [0.15, 0.2) is 0 Å². The van der Waals surface area contributed by atoms with Gasteiger partial charge in [0.1, 0.15) is 11.2 Å². The number of ether oxygens (including phenoxy) is 1. The molecule has 1 fully saturated rings. The molecular weight excluding hydrogens is 156 g/mol. The SMILES string of the molecule is CCCOC(=O)C1(C(C)=O)CC1. The van der Waals surface area contributed by atoms with Gasteiger partial charge in [-0.2, -0.15) is 0 Å². The third-order valence-electron chi connectivity index (χ3n) is 2.25. The van der Waals surface area contributed by atoms with Gasteiger partial charge >= 0.3 is 5.97 Å². The minimum Gasteiger partial charge on any atom is -0.465 e. The highest BCUT2D eigenvalue weighted by Crippen LogP contribution is 2.47. The quantitative estimate of drug-likeness (QED) is 0.472. The largest absolute Gasteiger partial charge is 0.465 e. The topological polar surface area (TPSA) is 43.4 Å². The molecule has 0 spiro atoms. The van der Waals surface area contributed by atoms with E-state index in [9.17, 15) is 9.59 Å². The van der Waals surface area contributed by atoms with E-state index >= 15 is 0 Å². The normalized spacial score (nSPS) is 18.5. The van der Waals surface area contributed by atoms with E-state index in [4.69, 9.17) is 4.74 Å². The Kier molecular flexibility index (Phi) is 2.50. The molecule has 68 valence electrons. The maximum atomic E-state index is 11.3. The number of carbonyl (C=O) groups is 2. The van der Waals surface area contributed by atoms with E-state index in [-0.39, 0.29) is 11.8 Å². The summed E-state index contributed by atoms with van der Waals surface area (Å²) in [7, 11) is 0. The molecule has 0 amide bonds. The Hall–Kier alpha value is -0.860. The summed E-state index contributed by atoms with van der Waals surface area (Å²) in [5.74, 6) is -0.375. The molecule has 0 aromatic heterocycles. The van der Waals surface area contributed by atoms with Crippen molar-refractivity contribution in [2.75, 3.05) is 6.61 Å². The lowest BCUT2D eigenvalue weighted by atomic mass is 10.0. The molecule has 0 N–H and O–H groups in total. The van der Waals surface area contributed by atoms with Crippen molar-refractivity contribution in [3.63, 3.8) is 0 Å². The van der Waals surface area contributed by atoms with Gasteiger partial charge in [-0.25, -0.2) is 0 Å². The summed E-state index contributed by atoms with van der Waals surface area (Å²) in [5.41, 5.74) is -0.741. The monoisotopic (exact) mass is 170 g/mol. The molecule has 0 aromatic rings. The van der Waals surface area contributed by atoms with Gasteiger partial charge in [-0.1, -0.05) is 6.92 Å². The zero-order valence-corrected chi connectivity index (χ0v) is 7.55. The minimum absolute atomic E-state index is 0.0522. The van der Waals surface area contributed by atoms with Crippen molar-refractivity contribution in [3.8, 4) is 0 Å². The number of carbonyl (C=O) groups excluding carboxylic acids is 2. The minimum atomic E-state index is -0.741. The Bertz CT molecular complexity index is 204. The molecule has 0 aromatic carbocycles. The third kappa shape index (κ3) is 1.49. The summed E-state index contributed by atoms with van der Waals surface area (Å²) in [6.45, 7) is 3.81. The number of rotatable bonds is 4. The van der Waals surface area contributed by atoms with Gasteiger partial charge in [0.05, 0.1) is 6.61 Å². The van der Waals surface area contributed by atoms with Gasteiger partial charge in [-0.15, -0.1) is 0 Å². The summed E-state index contributed by atoms with van der Waals surface area (Å²) in [6.07, 6.45) is 2.15. The fourth-order valence-corrected chi connectivity index (χ4v) is 1.16. The molecule has 1 aliphatic rings. The van der Waals surface area contributed by atoms with Crippen LogP contribution in [0.4, 0.5) is 0 Å². The van der Waals surface area contributed by atoms with Crippen LogP contribution in [0.25, 0.3) is 0 Å². The van der Waals surface area contributed by atoms with Crippen molar-refractivity contribution in [1.29, 1.82) is 0 Å². The molecule has 0 aliphatic heterocycles. The van der Waals surface area contributed by atoms with E-state index in [2.05, 4.69) is 0 Å². The molecule has 0 radical (unpaired) electrons. The first-order valence-electron chi connectivity index (χ1n) is 4.32. The zero-order valence-electron chi connectivity index (χ0n) is 7.55. The molecule has 3 heteroatoms. The van der Waals surface area contributed by atoms with Crippen molar-refractivity contribution >= 4 is 11.8 Å². The highest BCUT2D eigenvalue weighted by Gasteiger charge is 2.55. The zero-order chi connectivity index (χ0) is 9.19. The number of Topliss-reactive ketones (excluding diaryl/α,β-unsaturated/α-hetero) is 1. The highest BCUT2D eigenvalue weighted by molar-refractivity contribution is 6.05. The van der Waals surface area contributed by atoms with Crippen molar-refractivity contribution in [2.45, 2.75) is 33.1 Å². The van der Waals surface area contributed by atoms with Gasteiger partial charge < -0.3 is 4.74 Å². The van der Waals surface area contributed by atoms with E-state index in [1.807, 2.05) is 6.92 Å². The summed E-state index contributed by atoms with van der Waals surface area (Å²) in [6, 6.07) is 0. The molecule has 0 saturated heterocycles. The van der Waals surface area contributed by atoms with Crippen molar-refractivity contribution in [3.05, 3.63) is 0 Å². The number of hydrogen-bond acceptors (Lipinski definition) is 3. The Morgan fingerprint density at radius 3 is 2.33 bits per heavy atom. The lowest BCUT2D eigenvalue weighted by Crippen LogP contribution is -2.26. The molecule has 12 heavy (non-hydrogen) atoms. The van der Waals surface area contributed by atoms with Crippen LogP contribution < -0.4 is 0 Å². The lowest BCUT2D eigenvalue weighted by Gasteiger charge is -2.09. The Morgan fingerprint density at radius 1 is 1.42 bits per heavy atom. The highest BCUT2D eigenvalue weighted by atomic mass is 16.5. The maximum Gasteiger partial charge on any atom is 0.319 e. The molecule has 3 nitrogen and oxygen atoms in total.